The molecule has 1 aromatic heterocycles. The van der Waals surface area contributed by atoms with Crippen LogP contribution in [0.15, 0.2) is 16.7 Å². The number of nitrogens with one attached hydrogen (secondary N) is 1. The lowest BCUT2D eigenvalue weighted by Gasteiger charge is -2.58. The quantitative estimate of drug-likeness (QED) is 0.841. The van der Waals surface area contributed by atoms with Gasteiger partial charge in [-0.25, -0.2) is 4.79 Å². The normalized spacial score (nSPS) is 26.3. The van der Waals surface area contributed by atoms with Gasteiger partial charge in [0.05, 0.1) is 17.9 Å². The third-order valence-corrected chi connectivity index (χ3v) is 4.77. The zero-order valence-electron chi connectivity index (χ0n) is 13.4. The van der Waals surface area contributed by atoms with Crippen molar-refractivity contribution in [3.8, 4) is 0 Å². The van der Waals surface area contributed by atoms with Crippen LogP contribution in [0, 0.1) is 5.41 Å². The maximum absolute atomic E-state index is 12.5. The first-order valence-corrected chi connectivity index (χ1v) is 7.54. The minimum Gasteiger partial charge on any atom is -0.479 e. The predicted molar refractivity (Wildman–Crippen MR) is 79.7 cm³/mol. The minimum absolute atomic E-state index is 0.191. The molecule has 6 nitrogen and oxygen atoms in total. The van der Waals surface area contributed by atoms with E-state index in [1.807, 2.05) is 13.8 Å². The van der Waals surface area contributed by atoms with Crippen LogP contribution in [0.3, 0.4) is 0 Å². The Morgan fingerprint density at radius 3 is 2.64 bits per heavy atom. The molecular formula is C16H23NO5. The summed E-state index contributed by atoms with van der Waals surface area (Å²) in [5.74, 6) is -0.907. The summed E-state index contributed by atoms with van der Waals surface area (Å²) in [6.07, 6.45) is 2.08. The lowest BCUT2D eigenvalue weighted by Crippen LogP contribution is -2.76. The molecule has 0 radical (unpaired) electrons. The van der Waals surface area contributed by atoms with Gasteiger partial charge >= 0.3 is 5.97 Å². The van der Waals surface area contributed by atoms with Crippen molar-refractivity contribution < 1.29 is 23.8 Å². The first-order chi connectivity index (χ1) is 10.3. The van der Waals surface area contributed by atoms with Gasteiger partial charge in [0.25, 0.3) is 5.91 Å². The highest BCUT2D eigenvalue weighted by atomic mass is 16.5. The second-order valence-corrected chi connectivity index (χ2v) is 6.15. The second kappa shape index (κ2) is 5.76. The van der Waals surface area contributed by atoms with Crippen molar-refractivity contribution in [1.82, 2.24) is 5.32 Å². The number of rotatable bonds is 6. The van der Waals surface area contributed by atoms with Gasteiger partial charge in [0.2, 0.25) is 0 Å². The molecule has 22 heavy (non-hydrogen) atoms. The highest BCUT2D eigenvalue weighted by Gasteiger charge is 2.66. The van der Waals surface area contributed by atoms with E-state index in [-0.39, 0.29) is 12.5 Å². The number of hydrogen-bond acceptors (Lipinski definition) is 4. The number of carboxylic acid groups (broad SMARTS) is 1. The average molecular weight is 309 g/mol. The van der Waals surface area contributed by atoms with E-state index < -0.39 is 22.8 Å². The fraction of sp³-hybridized carbons (Fsp3) is 0.625. The SMILES string of the molecule is CCO[C@@H]1C[C@@](NC(=O)c2ccoc2CC)(C(=O)O)C1(C)C. The van der Waals surface area contributed by atoms with E-state index in [2.05, 4.69) is 5.32 Å². The highest BCUT2D eigenvalue weighted by Crippen LogP contribution is 2.51. The number of amides is 1. The van der Waals surface area contributed by atoms with Gasteiger partial charge in [0, 0.05) is 24.9 Å². The molecule has 0 spiro atoms. The molecule has 2 rings (SSSR count). The molecule has 0 saturated heterocycles. The molecule has 1 saturated carbocycles. The monoisotopic (exact) mass is 309 g/mol. The van der Waals surface area contributed by atoms with Crippen molar-refractivity contribution in [3.05, 3.63) is 23.7 Å². The average Bonchev–Trinajstić information content (AvgIpc) is 2.93. The van der Waals surface area contributed by atoms with Crippen LogP contribution in [0.25, 0.3) is 0 Å². The Hall–Kier alpha value is -1.82. The predicted octanol–water partition coefficient (Wildman–Crippen LogP) is 2.23. The van der Waals surface area contributed by atoms with E-state index in [9.17, 15) is 14.7 Å². The van der Waals surface area contributed by atoms with Crippen LogP contribution in [0.1, 0.15) is 50.2 Å². The molecule has 1 fully saturated rings. The molecule has 0 aromatic carbocycles. The third kappa shape index (κ3) is 2.31. The minimum atomic E-state index is -1.33. The molecule has 1 aliphatic carbocycles. The summed E-state index contributed by atoms with van der Waals surface area (Å²) in [7, 11) is 0. The van der Waals surface area contributed by atoms with Crippen molar-refractivity contribution in [3.63, 3.8) is 0 Å². The number of aryl methyl sites for hydroxylation is 1. The highest BCUT2D eigenvalue weighted by molar-refractivity contribution is 5.99. The fourth-order valence-corrected chi connectivity index (χ4v) is 3.11. The van der Waals surface area contributed by atoms with Gasteiger partial charge in [-0.15, -0.1) is 0 Å². The summed E-state index contributed by atoms with van der Waals surface area (Å²) >= 11 is 0. The van der Waals surface area contributed by atoms with Gasteiger partial charge in [-0.2, -0.15) is 0 Å². The summed E-state index contributed by atoms with van der Waals surface area (Å²) in [6.45, 7) is 7.87. The maximum atomic E-state index is 12.5. The summed E-state index contributed by atoms with van der Waals surface area (Å²) in [5, 5.41) is 12.4. The summed E-state index contributed by atoms with van der Waals surface area (Å²) < 4.78 is 10.8. The van der Waals surface area contributed by atoms with Crippen LogP contribution in [0.5, 0.6) is 0 Å². The van der Waals surface area contributed by atoms with E-state index >= 15 is 0 Å². The Kier molecular flexibility index (Phi) is 4.33. The number of carbonyl (C=O) groups excluding carboxylic acids is 1. The van der Waals surface area contributed by atoms with Gasteiger partial charge in [-0.3, -0.25) is 4.79 Å². The summed E-state index contributed by atoms with van der Waals surface area (Å²) in [6, 6.07) is 1.56. The molecule has 1 aliphatic rings. The molecule has 1 aromatic rings. The van der Waals surface area contributed by atoms with Crippen LogP contribution in [0.2, 0.25) is 0 Å². The third-order valence-electron chi connectivity index (χ3n) is 4.77. The van der Waals surface area contributed by atoms with E-state index in [4.69, 9.17) is 9.15 Å². The number of aliphatic carboxylic acids is 1. The molecule has 1 amide bonds. The molecular weight excluding hydrogens is 286 g/mol. The number of furan rings is 1. The van der Waals surface area contributed by atoms with Crippen molar-refractivity contribution in [1.29, 1.82) is 0 Å². The molecule has 0 bridgehead atoms. The Balaban J connectivity index is 2.24. The Morgan fingerprint density at radius 2 is 2.14 bits per heavy atom. The molecule has 122 valence electrons. The molecule has 6 heteroatoms. The van der Waals surface area contributed by atoms with Crippen LogP contribution >= 0.6 is 0 Å². The van der Waals surface area contributed by atoms with E-state index in [0.717, 1.165) is 0 Å². The summed E-state index contributed by atoms with van der Waals surface area (Å²) in [5.41, 5.74) is -1.63. The van der Waals surface area contributed by atoms with E-state index in [1.165, 1.54) is 6.26 Å². The number of hydrogen-bond donors (Lipinski definition) is 2. The Bertz CT molecular complexity index is 577. The lowest BCUT2D eigenvalue weighted by molar-refractivity contribution is -0.190. The first-order valence-electron chi connectivity index (χ1n) is 7.54. The lowest BCUT2D eigenvalue weighted by atomic mass is 9.54. The van der Waals surface area contributed by atoms with Gasteiger partial charge in [-0.05, 0) is 13.0 Å². The fourth-order valence-electron chi connectivity index (χ4n) is 3.11. The zero-order chi connectivity index (χ0) is 16.5. The molecule has 1 heterocycles. The molecule has 0 unspecified atom stereocenters. The molecule has 2 N–H and O–H groups in total. The topological polar surface area (TPSA) is 88.8 Å². The maximum Gasteiger partial charge on any atom is 0.330 e. The number of carboxylic acids is 1. The Morgan fingerprint density at radius 1 is 1.45 bits per heavy atom. The van der Waals surface area contributed by atoms with Crippen molar-refractivity contribution in [2.75, 3.05) is 6.61 Å². The van der Waals surface area contributed by atoms with E-state index in [1.54, 1.807) is 19.9 Å². The van der Waals surface area contributed by atoms with Gasteiger partial charge in [0.15, 0.2) is 0 Å². The van der Waals surface area contributed by atoms with Crippen LogP contribution in [0.4, 0.5) is 0 Å². The number of carbonyl (C=O) groups is 2. The van der Waals surface area contributed by atoms with Gasteiger partial charge in [0.1, 0.15) is 11.3 Å². The summed E-state index contributed by atoms with van der Waals surface area (Å²) in [4.78, 5) is 24.3. The standard InChI is InChI=1S/C16H23NO5/c1-5-11-10(7-8-22-11)13(18)17-16(14(19)20)9-12(21-6-2)15(16,3)4/h7-8,12H,5-6,9H2,1-4H3,(H,17,18)(H,19,20)/t12-,16-/m1/s1. The van der Waals surface area contributed by atoms with Crippen molar-refractivity contribution in [2.24, 2.45) is 5.41 Å². The van der Waals surface area contributed by atoms with Gasteiger partial charge in [-0.1, -0.05) is 20.8 Å². The molecule has 0 aliphatic heterocycles. The van der Waals surface area contributed by atoms with Crippen molar-refractivity contribution >= 4 is 11.9 Å². The number of ether oxygens (including phenoxy) is 1. The second-order valence-electron chi connectivity index (χ2n) is 6.15. The Labute approximate surface area is 129 Å². The molecule has 2 atom stereocenters. The van der Waals surface area contributed by atoms with Crippen LogP contribution in [-0.2, 0) is 16.0 Å². The van der Waals surface area contributed by atoms with Crippen LogP contribution in [-0.4, -0.2) is 35.2 Å². The first kappa shape index (κ1) is 16.5. The van der Waals surface area contributed by atoms with Gasteiger partial charge < -0.3 is 19.6 Å². The van der Waals surface area contributed by atoms with Crippen molar-refractivity contribution in [2.45, 2.75) is 52.2 Å². The zero-order valence-corrected chi connectivity index (χ0v) is 13.4. The van der Waals surface area contributed by atoms with Crippen LogP contribution < -0.4 is 5.32 Å². The smallest absolute Gasteiger partial charge is 0.330 e. The largest absolute Gasteiger partial charge is 0.479 e. The van der Waals surface area contributed by atoms with E-state index in [0.29, 0.717) is 24.4 Å².